The van der Waals surface area contributed by atoms with E-state index in [1.807, 2.05) is 52.0 Å². The smallest absolute Gasteiger partial charge is 0.265 e. The number of ether oxygens (including phenoxy) is 1. The minimum Gasteiger partial charge on any atom is -0.482 e. The SMILES string of the molecule is CCNC(=NCC(=O)NC(C)(C)C)NCCCN1C(=O)COc2ccccc21.I. The Balaban J connectivity index is 0.00000420. The number of aliphatic imine (C=N–C) groups is 1. The molecule has 0 atom stereocenters. The summed E-state index contributed by atoms with van der Waals surface area (Å²) in [7, 11) is 0. The standard InChI is InChI=1S/C20H31N5O3.HI/c1-5-21-19(23-13-17(26)24-20(2,3)4)22-11-8-12-25-15-9-6-7-10-16(15)28-14-18(25)27;/h6-7,9-10H,5,8,11-14H2,1-4H3,(H,24,26)(H2,21,22,23);1H. The van der Waals surface area contributed by atoms with Gasteiger partial charge in [0.25, 0.3) is 5.91 Å². The number of nitrogens with one attached hydrogen (secondary N) is 3. The third-order valence-electron chi connectivity index (χ3n) is 3.90. The van der Waals surface area contributed by atoms with Crippen LogP contribution in [0.1, 0.15) is 34.1 Å². The van der Waals surface area contributed by atoms with Crippen LogP contribution in [0.4, 0.5) is 5.69 Å². The Morgan fingerprint density at radius 1 is 1.24 bits per heavy atom. The number of hydrogen-bond acceptors (Lipinski definition) is 4. The summed E-state index contributed by atoms with van der Waals surface area (Å²) in [5.41, 5.74) is 0.525. The fraction of sp³-hybridized carbons (Fsp3) is 0.550. The zero-order valence-electron chi connectivity index (χ0n) is 17.6. The van der Waals surface area contributed by atoms with E-state index in [2.05, 4.69) is 20.9 Å². The van der Waals surface area contributed by atoms with Gasteiger partial charge in [-0.05, 0) is 46.2 Å². The van der Waals surface area contributed by atoms with Gasteiger partial charge in [-0.25, -0.2) is 4.99 Å². The molecule has 0 radical (unpaired) electrons. The molecule has 1 aromatic carbocycles. The summed E-state index contributed by atoms with van der Waals surface area (Å²) < 4.78 is 5.46. The third-order valence-corrected chi connectivity index (χ3v) is 3.90. The molecule has 0 unspecified atom stereocenters. The van der Waals surface area contributed by atoms with Crippen molar-refractivity contribution in [2.24, 2.45) is 4.99 Å². The van der Waals surface area contributed by atoms with Crippen molar-refractivity contribution in [3.05, 3.63) is 24.3 Å². The van der Waals surface area contributed by atoms with Crippen molar-refractivity contribution in [3.8, 4) is 5.75 Å². The molecule has 0 saturated heterocycles. The maximum absolute atomic E-state index is 12.2. The number of para-hydroxylation sites is 2. The Hall–Kier alpha value is -2.04. The Bertz CT molecular complexity index is 718. The molecule has 0 fully saturated rings. The summed E-state index contributed by atoms with van der Waals surface area (Å²) in [5, 5.41) is 9.21. The van der Waals surface area contributed by atoms with E-state index < -0.39 is 0 Å². The number of halogens is 1. The lowest BCUT2D eigenvalue weighted by Gasteiger charge is -2.29. The second-order valence-electron chi connectivity index (χ2n) is 7.58. The number of hydrogen-bond donors (Lipinski definition) is 3. The molecule has 0 spiro atoms. The Kier molecular flexibility index (Phi) is 10.2. The molecule has 3 N–H and O–H groups in total. The lowest BCUT2D eigenvalue weighted by atomic mass is 10.1. The molecule has 29 heavy (non-hydrogen) atoms. The molecule has 0 aliphatic carbocycles. The molecule has 1 aliphatic heterocycles. The zero-order chi connectivity index (χ0) is 20.6. The van der Waals surface area contributed by atoms with Crippen LogP contribution in [-0.2, 0) is 9.59 Å². The third kappa shape index (κ3) is 8.46. The van der Waals surface area contributed by atoms with Crippen LogP contribution >= 0.6 is 24.0 Å². The summed E-state index contributed by atoms with van der Waals surface area (Å²) >= 11 is 0. The van der Waals surface area contributed by atoms with Crippen LogP contribution in [0.5, 0.6) is 5.75 Å². The second kappa shape index (κ2) is 11.8. The Labute approximate surface area is 189 Å². The number of nitrogens with zero attached hydrogens (tertiary/aromatic N) is 2. The molecule has 9 heteroatoms. The predicted molar refractivity (Wildman–Crippen MR) is 126 cm³/mol. The molecule has 0 saturated carbocycles. The van der Waals surface area contributed by atoms with E-state index in [1.165, 1.54) is 0 Å². The number of carbonyl (C=O) groups is 2. The molecule has 1 heterocycles. The molecule has 162 valence electrons. The second-order valence-corrected chi connectivity index (χ2v) is 7.58. The van der Waals surface area contributed by atoms with Gasteiger partial charge in [0.1, 0.15) is 12.3 Å². The Morgan fingerprint density at radius 3 is 2.66 bits per heavy atom. The monoisotopic (exact) mass is 517 g/mol. The van der Waals surface area contributed by atoms with Gasteiger partial charge in [-0.15, -0.1) is 24.0 Å². The van der Waals surface area contributed by atoms with Crippen molar-refractivity contribution in [1.82, 2.24) is 16.0 Å². The lowest BCUT2D eigenvalue weighted by Crippen LogP contribution is -2.44. The molecule has 1 aliphatic rings. The van der Waals surface area contributed by atoms with Gasteiger partial charge in [-0.2, -0.15) is 0 Å². The minimum absolute atomic E-state index is 0. The number of fused-ring (bicyclic) bond motifs is 1. The summed E-state index contributed by atoms with van der Waals surface area (Å²) in [4.78, 5) is 30.2. The fourth-order valence-corrected chi connectivity index (χ4v) is 2.79. The zero-order valence-corrected chi connectivity index (χ0v) is 19.9. The highest BCUT2D eigenvalue weighted by Gasteiger charge is 2.24. The first-order chi connectivity index (χ1) is 13.3. The summed E-state index contributed by atoms with van der Waals surface area (Å²) in [6.07, 6.45) is 0.735. The average Bonchev–Trinajstić information content (AvgIpc) is 2.63. The van der Waals surface area contributed by atoms with Crippen LogP contribution < -0.4 is 25.6 Å². The summed E-state index contributed by atoms with van der Waals surface area (Å²) in [6.45, 7) is 9.79. The van der Waals surface area contributed by atoms with E-state index in [-0.39, 0.29) is 54.5 Å². The molecule has 2 amide bonds. The topological polar surface area (TPSA) is 95.1 Å². The van der Waals surface area contributed by atoms with Crippen molar-refractivity contribution < 1.29 is 14.3 Å². The van der Waals surface area contributed by atoms with Crippen LogP contribution in [0.15, 0.2) is 29.3 Å². The molecular formula is C20H32IN5O3. The number of guanidine groups is 1. The first-order valence-electron chi connectivity index (χ1n) is 9.65. The highest BCUT2D eigenvalue weighted by Crippen LogP contribution is 2.31. The van der Waals surface area contributed by atoms with Crippen molar-refractivity contribution in [2.45, 2.75) is 39.7 Å². The predicted octanol–water partition coefficient (Wildman–Crippen LogP) is 1.89. The quantitative estimate of drug-likeness (QED) is 0.222. The van der Waals surface area contributed by atoms with Crippen LogP contribution in [0.3, 0.4) is 0 Å². The number of anilines is 1. The van der Waals surface area contributed by atoms with Gasteiger partial charge in [-0.1, -0.05) is 12.1 Å². The fourth-order valence-electron chi connectivity index (χ4n) is 2.79. The van der Waals surface area contributed by atoms with Crippen LogP contribution in [0.2, 0.25) is 0 Å². The minimum atomic E-state index is -0.278. The van der Waals surface area contributed by atoms with E-state index in [0.717, 1.165) is 17.9 Å². The first kappa shape index (κ1) is 25.0. The van der Waals surface area contributed by atoms with Gasteiger partial charge in [-0.3, -0.25) is 9.59 Å². The van der Waals surface area contributed by atoms with E-state index in [0.29, 0.717) is 25.6 Å². The Morgan fingerprint density at radius 2 is 1.97 bits per heavy atom. The van der Waals surface area contributed by atoms with Crippen LogP contribution in [0, 0.1) is 0 Å². The average molecular weight is 517 g/mol. The van der Waals surface area contributed by atoms with Crippen LogP contribution in [-0.4, -0.2) is 56.1 Å². The van der Waals surface area contributed by atoms with Crippen molar-refractivity contribution >= 4 is 47.4 Å². The maximum Gasteiger partial charge on any atom is 0.265 e. The van der Waals surface area contributed by atoms with E-state index >= 15 is 0 Å². The van der Waals surface area contributed by atoms with E-state index in [1.54, 1.807) is 4.90 Å². The highest BCUT2D eigenvalue weighted by atomic mass is 127. The van der Waals surface area contributed by atoms with Crippen molar-refractivity contribution in [2.75, 3.05) is 37.7 Å². The maximum atomic E-state index is 12.2. The van der Waals surface area contributed by atoms with Crippen molar-refractivity contribution in [3.63, 3.8) is 0 Å². The molecule has 2 rings (SSSR count). The first-order valence-corrected chi connectivity index (χ1v) is 9.65. The molecular weight excluding hydrogens is 485 g/mol. The van der Waals surface area contributed by atoms with Gasteiger partial charge >= 0.3 is 0 Å². The van der Waals surface area contributed by atoms with Gasteiger partial charge in [0.15, 0.2) is 12.6 Å². The molecule has 0 bridgehead atoms. The molecule has 0 aromatic heterocycles. The van der Waals surface area contributed by atoms with Gasteiger partial charge < -0.3 is 25.6 Å². The summed E-state index contributed by atoms with van der Waals surface area (Å²) in [5.74, 6) is 1.15. The van der Waals surface area contributed by atoms with Gasteiger partial charge in [0, 0.05) is 25.2 Å². The lowest BCUT2D eigenvalue weighted by molar-refractivity contribution is -0.122. The highest BCUT2D eigenvalue weighted by molar-refractivity contribution is 14.0. The normalized spacial score (nSPS) is 13.7. The van der Waals surface area contributed by atoms with Crippen LogP contribution in [0.25, 0.3) is 0 Å². The number of rotatable bonds is 7. The van der Waals surface area contributed by atoms with Gasteiger partial charge in [0.05, 0.1) is 5.69 Å². The molecule has 1 aromatic rings. The number of carbonyl (C=O) groups excluding carboxylic acids is 2. The van der Waals surface area contributed by atoms with E-state index in [4.69, 9.17) is 4.74 Å². The number of benzene rings is 1. The molecule has 8 nitrogen and oxygen atoms in total. The largest absolute Gasteiger partial charge is 0.482 e. The van der Waals surface area contributed by atoms with Crippen molar-refractivity contribution in [1.29, 1.82) is 0 Å². The summed E-state index contributed by atoms with van der Waals surface area (Å²) in [6, 6.07) is 7.54. The van der Waals surface area contributed by atoms with Gasteiger partial charge in [0.2, 0.25) is 5.91 Å². The van der Waals surface area contributed by atoms with E-state index in [9.17, 15) is 9.59 Å². The number of amides is 2.